The van der Waals surface area contributed by atoms with Crippen LogP contribution in [0.1, 0.15) is 72.6 Å². The highest BCUT2D eigenvalue weighted by atomic mass is 16.5. The van der Waals surface area contributed by atoms with Gasteiger partial charge in [0.25, 0.3) is 0 Å². The van der Waals surface area contributed by atoms with Crippen molar-refractivity contribution in [2.75, 3.05) is 0 Å². The normalized spacial score (nSPS) is 27.9. The van der Waals surface area contributed by atoms with Gasteiger partial charge in [0.2, 0.25) is 0 Å². The van der Waals surface area contributed by atoms with Crippen LogP contribution >= 0.6 is 0 Å². The molecule has 0 aromatic heterocycles. The third kappa shape index (κ3) is 4.06. The van der Waals surface area contributed by atoms with E-state index in [1.807, 2.05) is 0 Å². The van der Waals surface area contributed by atoms with Gasteiger partial charge < -0.3 is 10.5 Å². The summed E-state index contributed by atoms with van der Waals surface area (Å²) in [5.74, 6) is 0. The summed E-state index contributed by atoms with van der Waals surface area (Å²) in [7, 11) is 0. The Bertz CT molecular complexity index is 215. The fourth-order valence-corrected chi connectivity index (χ4v) is 2.63. The van der Waals surface area contributed by atoms with E-state index in [-0.39, 0.29) is 11.1 Å². The summed E-state index contributed by atoms with van der Waals surface area (Å²) < 4.78 is 6.05. The van der Waals surface area contributed by atoms with Crippen LogP contribution in [0.5, 0.6) is 0 Å². The molecule has 0 amide bonds. The van der Waals surface area contributed by atoms with Gasteiger partial charge in [-0.3, -0.25) is 0 Å². The molecule has 2 atom stereocenters. The van der Waals surface area contributed by atoms with E-state index < -0.39 is 0 Å². The molecule has 1 aliphatic rings. The van der Waals surface area contributed by atoms with Gasteiger partial charge in [0.1, 0.15) is 0 Å². The van der Waals surface area contributed by atoms with Crippen molar-refractivity contribution in [2.45, 2.75) is 89.9 Å². The highest BCUT2D eigenvalue weighted by Crippen LogP contribution is 2.34. The number of hydrogen-bond donors (Lipinski definition) is 1. The Morgan fingerprint density at radius 3 is 2.50 bits per heavy atom. The molecule has 0 aliphatic carbocycles. The third-order valence-electron chi connectivity index (χ3n) is 3.92. The Morgan fingerprint density at radius 1 is 1.38 bits per heavy atom. The van der Waals surface area contributed by atoms with Crippen LogP contribution in [-0.4, -0.2) is 17.2 Å². The molecule has 2 N–H and O–H groups in total. The average molecular weight is 227 g/mol. The summed E-state index contributed by atoms with van der Waals surface area (Å²) in [5.41, 5.74) is 6.55. The van der Waals surface area contributed by atoms with E-state index in [4.69, 9.17) is 10.5 Å². The fraction of sp³-hybridized carbons (Fsp3) is 1.00. The van der Waals surface area contributed by atoms with Gasteiger partial charge in [-0.05, 0) is 46.0 Å². The van der Waals surface area contributed by atoms with E-state index in [9.17, 15) is 0 Å². The summed E-state index contributed by atoms with van der Waals surface area (Å²) in [6.07, 6.45) is 8.44. The molecule has 1 saturated heterocycles. The van der Waals surface area contributed by atoms with Gasteiger partial charge in [-0.25, -0.2) is 0 Å². The second-order valence-electron chi connectivity index (χ2n) is 6.06. The Balaban J connectivity index is 2.44. The molecule has 96 valence electrons. The second-order valence-corrected chi connectivity index (χ2v) is 6.06. The molecule has 1 fully saturated rings. The minimum atomic E-state index is 0.00109. The van der Waals surface area contributed by atoms with Crippen molar-refractivity contribution in [3.8, 4) is 0 Å². The van der Waals surface area contributed by atoms with Crippen LogP contribution in [0.15, 0.2) is 0 Å². The van der Waals surface area contributed by atoms with Crippen molar-refractivity contribution in [3.05, 3.63) is 0 Å². The minimum absolute atomic E-state index is 0.00109. The molecular weight excluding hydrogens is 198 g/mol. The first-order chi connectivity index (χ1) is 7.41. The standard InChI is InChI=1S/C14H29NO/c1-5-7-9-14(15,6-2)11-12-8-10-13(3,4)16-12/h12H,5-11,15H2,1-4H3. The maximum absolute atomic E-state index is 6.47. The van der Waals surface area contributed by atoms with E-state index in [0.717, 1.165) is 19.3 Å². The predicted octanol–water partition coefficient (Wildman–Crippen LogP) is 3.63. The van der Waals surface area contributed by atoms with E-state index in [0.29, 0.717) is 6.10 Å². The second kappa shape index (κ2) is 5.50. The Labute approximate surface area is 101 Å². The number of rotatable bonds is 6. The molecule has 0 saturated carbocycles. The number of nitrogens with two attached hydrogens (primary N) is 1. The minimum Gasteiger partial charge on any atom is -0.372 e. The first kappa shape index (κ1) is 14.0. The van der Waals surface area contributed by atoms with E-state index in [2.05, 4.69) is 27.7 Å². The number of ether oxygens (including phenoxy) is 1. The van der Waals surface area contributed by atoms with Crippen LogP contribution < -0.4 is 5.73 Å². The summed E-state index contributed by atoms with van der Waals surface area (Å²) in [5, 5.41) is 0. The van der Waals surface area contributed by atoms with Crippen LogP contribution in [-0.2, 0) is 4.74 Å². The first-order valence-corrected chi connectivity index (χ1v) is 6.87. The van der Waals surface area contributed by atoms with Gasteiger partial charge in [-0.15, -0.1) is 0 Å². The zero-order chi connectivity index (χ0) is 12.2. The SMILES string of the molecule is CCCCC(N)(CC)CC1CCC(C)(C)O1. The number of hydrogen-bond acceptors (Lipinski definition) is 2. The molecule has 1 heterocycles. The molecule has 0 aromatic carbocycles. The summed E-state index contributed by atoms with van der Waals surface area (Å²) in [6.45, 7) is 8.80. The van der Waals surface area contributed by atoms with Crippen LogP contribution in [0, 0.1) is 0 Å². The molecule has 1 rings (SSSR count). The van der Waals surface area contributed by atoms with E-state index >= 15 is 0 Å². The molecule has 2 heteroatoms. The lowest BCUT2D eigenvalue weighted by atomic mass is 9.84. The lowest BCUT2D eigenvalue weighted by Gasteiger charge is -2.31. The maximum atomic E-state index is 6.47. The Morgan fingerprint density at radius 2 is 2.06 bits per heavy atom. The van der Waals surface area contributed by atoms with Gasteiger partial charge in [-0.1, -0.05) is 26.7 Å². The quantitative estimate of drug-likeness (QED) is 0.752. The molecular formula is C14H29NO. The van der Waals surface area contributed by atoms with E-state index in [1.165, 1.54) is 25.7 Å². The van der Waals surface area contributed by atoms with Crippen LogP contribution in [0.2, 0.25) is 0 Å². The van der Waals surface area contributed by atoms with E-state index in [1.54, 1.807) is 0 Å². The van der Waals surface area contributed by atoms with Crippen molar-refractivity contribution in [1.29, 1.82) is 0 Å². The molecule has 16 heavy (non-hydrogen) atoms. The average Bonchev–Trinajstić information content (AvgIpc) is 2.55. The third-order valence-corrected chi connectivity index (χ3v) is 3.92. The number of unbranched alkanes of at least 4 members (excludes halogenated alkanes) is 1. The molecule has 1 aliphatic heterocycles. The van der Waals surface area contributed by atoms with Crippen molar-refractivity contribution >= 4 is 0 Å². The van der Waals surface area contributed by atoms with Crippen molar-refractivity contribution in [3.63, 3.8) is 0 Å². The van der Waals surface area contributed by atoms with Crippen molar-refractivity contribution < 1.29 is 4.74 Å². The summed E-state index contributed by atoms with van der Waals surface area (Å²) in [6, 6.07) is 0. The monoisotopic (exact) mass is 227 g/mol. The molecule has 0 radical (unpaired) electrons. The zero-order valence-corrected chi connectivity index (χ0v) is 11.5. The lowest BCUT2D eigenvalue weighted by Crippen LogP contribution is -2.42. The highest BCUT2D eigenvalue weighted by molar-refractivity contribution is 4.90. The lowest BCUT2D eigenvalue weighted by molar-refractivity contribution is -0.0279. The van der Waals surface area contributed by atoms with Gasteiger partial charge >= 0.3 is 0 Å². The van der Waals surface area contributed by atoms with Crippen molar-refractivity contribution in [2.24, 2.45) is 5.73 Å². The van der Waals surface area contributed by atoms with Crippen LogP contribution in [0.3, 0.4) is 0 Å². The van der Waals surface area contributed by atoms with Gasteiger partial charge in [-0.2, -0.15) is 0 Å². The van der Waals surface area contributed by atoms with Crippen LogP contribution in [0.4, 0.5) is 0 Å². The highest BCUT2D eigenvalue weighted by Gasteiger charge is 2.36. The summed E-state index contributed by atoms with van der Waals surface area (Å²) in [4.78, 5) is 0. The first-order valence-electron chi connectivity index (χ1n) is 6.87. The smallest absolute Gasteiger partial charge is 0.0631 e. The Kier molecular flexibility index (Phi) is 4.81. The van der Waals surface area contributed by atoms with Gasteiger partial charge in [0, 0.05) is 5.54 Å². The van der Waals surface area contributed by atoms with Crippen molar-refractivity contribution in [1.82, 2.24) is 0 Å². The largest absolute Gasteiger partial charge is 0.372 e. The fourth-order valence-electron chi connectivity index (χ4n) is 2.63. The van der Waals surface area contributed by atoms with Gasteiger partial charge in [0.15, 0.2) is 0 Å². The zero-order valence-electron chi connectivity index (χ0n) is 11.5. The predicted molar refractivity (Wildman–Crippen MR) is 69.5 cm³/mol. The molecule has 2 nitrogen and oxygen atoms in total. The van der Waals surface area contributed by atoms with Gasteiger partial charge in [0.05, 0.1) is 11.7 Å². The summed E-state index contributed by atoms with van der Waals surface area (Å²) >= 11 is 0. The molecule has 2 unspecified atom stereocenters. The topological polar surface area (TPSA) is 35.2 Å². The Hall–Kier alpha value is -0.0800. The molecule has 0 spiro atoms. The molecule has 0 aromatic rings. The maximum Gasteiger partial charge on any atom is 0.0631 e. The van der Waals surface area contributed by atoms with Crippen LogP contribution in [0.25, 0.3) is 0 Å². The molecule has 0 bridgehead atoms.